The Morgan fingerprint density at radius 3 is 2.76 bits per heavy atom. The van der Waals surface area contributed by atoms with Crippen LogP contribution in [0.3, 0.4) is 0 Å². The van der Waals surface area contributed by atoms with E-state index in [1.807, 2.05) is 19.1 Å². The molecule has 112 valence electrons. The molecule has 1 aliphatic heterocycles. The molecular weight excluding hydrogens is 294 g/mol. The number of aromatic nitrogens is 3. The van der Waals surface area contributed by atoms with Gasteiger partial charge >= 0.3 is 0 Å². The van der Waals surface area contributed by atoms with E-state index in [2.05, 4.69) is 15.2 Å². The van der Waals surface area contributed by atoms with Crippen LogP contribution in [0.1, 0.15) is 24.7 Å². The molecule has 0 aliphatic carbocycles. The highest BCUT2D eigenvalue weighted by Gasteiger charge is 2.52. The number of hydrogen-bond donors (Lipinski definition) is 2. The van der Waals surface area contributed by atoms with Crippen LogP contribution in [0.15, 0.2) is 30.6 Å². The summed E-state index contributed by atoms with van der Waals surface area (Å²) < 4.78 is 12.2. The summed E-state index contributed by atoms with van der Waals surface area (Å²) in [4.78, 5) is 4.18. The van der Waals surface area contributed by atoms with E-state index < -0.39 is 11.4 Å². The van der Waals surface area contributed by atoms with Crippen LogP contribution in [0.5, 0.6) is 0 Å². The first-order chi connectivity index (χ1) is 10.1. The standard InChI is InChI=1S/C14H16ClN3O3/c1-13(6-7-19)8-20-14(21-13,12-16-9-17-18-12)10-2-4-11(15)5-3-10/h2-5,9,19H,6-8H2,1H3,(H,16,17,18). The minimum Gasteiger partial charge on any atom is -0.396 e. The number of nitrogens with zero attached hydrogens (tertiary/aromatic N) is 2. The Morgan fingerprint density at radius 2 is 2.14 bits per heavy atom. The lowest BCUT2D eigenvalue weighted by Crippen LogP contribution is -2.35. The van der Waals surface area contributed by atoms with Crippen LogP contribution in [0.25, 0.3) is 0 Å². The molecule has 7 heteroatoms. The van der Waals surface area contributed by atoms with E-state index >= 15 is 0 Å². The molecule has 2 atom stereocenters. The number of halogens is 1. The Bertz CT molecular complexity index is 604. The highest BCUT2D eigenvalue weighted by molar-refractivity contribution is 6.30. The molecule has 1 saturated heterocycles. The molecule has 2 heterocycles. The van der Waals surface area contributed by atoms with Gasteiger partial charge in [-0.3, -0.25) is 5.10 Å². The minimum atomic E-state index is -1.16. The lowest BCUT2D eigenvalue weighted by molar-refractivity contribution is -0.169. The molecule has 2 unspecified atom stereocenters. The summed E-state index contributed by atoms with van der Waals surface area (Å²) in [5.41, 5.74) is 0.173. The lowest BCUT2D eigenvalue weighted by atomic mass is 10.0. The molecule has 0 spiro atoms. The Hall–Kier alpha value is -1.47. The third-order valence-electron chi connectivity index (χ3n) is 3.56. The number of hydrogen-bond acceptors (Lipinski definition) is 5. The van der Waals surface area contributed by atoms with Crippen molar-refractivity contribution in [3.63, 3.8) is 0 Å². The number of aromatic amines is 1. The monoisotopic (exact) mass is 309 g/mol. The van der Waals surface area contributed by atoms with Gasteiger partial charge in [-0.05, 0) is 19.1 Å². The van der Waals surface area contributed by atoms with E-state index in [1.54, 1.807) is 12.1 Å². The molecule has 6 nitrogen and oxygen atoms in total. The summed E-state index contributed by atoms with van der Waals surface area (Å²) in [6, 6.07) is 7.19. The summed E-state index contributed by atoms with van der Waals surface area (Å²) in [7, 11) is 0. The molecule has 1 fully saturated rings. The number of aliphatic hydroxyl groups excluding tert-OH is 1. The summed E-state index contributed by atoms with van der Waals surface area (Å²) in [5, 5.41) is 16.5. The zero-order valence-corrected chi connectivity index (χ0v) is 12.3. The fraction of sp³-hybridized carbons (Fsp3) is 0.429. The van der Waals surface area contributed by atoms with Gasteiger partial charge in [0.15, 0.2) is 5.82 Å². The molecule has 2 N–H and O–H groups in total. The number of nitrogens with one attached hydrogen (secondary N) is 1. The van der Waals surface area contributed by atoms with Gasteiger partial charge in [-0.25, -0.2) is 4.98 Å². The Labute approximate surface area is 127 Å². The molecule has 3 rings (SSSR count). The lowest BCUT2D eigenvalue weighted by Gasteiger charge is -2.29. The molecule has 0 amide bonds. The summed E-state index contributed by atoms with van der Waals surface area (Å²) >= 11 is 5.94. The van der Waals surface area contributed by atoms with Crippen molar-refractivity contribution >= 4 is 11.6 Å². The SMILES string of the molecule is CC1(CCO)COC(c2ccc(Cl)cc2)(c2ncn[nH]2)O1. The average Bonchev–Trinajstić information content (AvgIpc) is 3.09. The zero-order chi connectivity index (χ0) is 14.9. The maximum absolute atomic E-state index is 9.21. The van der Waals surface area contributed by atoms with Gasteiger partial charge in [-0.1, -0.05) is 23.7 Å². The van der Waals surface area contributed by atoms with E-state index in [9.17, 15) is 5.11 Å². The van der Waals surface area contributed by atoms with Gasteiger partial charge in [-0.2, -0.15) is 5.10 Å². The first kappa shape index (κ1) is 14.5. The molecule has 21 heavy (non-hydrogen) atoms. The maximum Gasteiger partial charge on any atom is 0.258 e. The predicted molar refractivity (Wildman–Crippen MR) is 75.8 cm³/mol. The van der Waals surface area contributed by atoms with E-state index in [-0.39, 0.29) is 6.61 Å². The molecule has 1 aromatic heterocycles. The minimum absolute atomic E-state index is 0.0208. The zero-order valence-electron chi connectivity index (χ0n) is 11.5. The van der Waals surface area contributed by atoms with Crippen molar-refractivity contribution in [1.82, 2.24) is 15.2 Å². The molecule has 0 radical (unpaired) electrons. The second-order valence-electron chi connectivity index (χ2n) is 5.27. The van der Waals surface area contributed by atoms with Crippen LogP contribution >= 0.6 is 11.6 Å². The maximum atomic E-state index is 9.21. The number of rotatable bonds is 4. The van der Waals surface area contributed by atoms with Gasteiger partial charge in [0, 0.05) is 23.6 Å². The third-order valence-corrected chi connectivity index (χ3v) is 3.81. The van der Waals surface area contributed by atoms with Crippen LogP contribution in [-0.2, 0) is 15.3 Å². The van der Waals surface area contributed by atoms with Crippen molar-refractivity contribution in [2.24, 2.45) is 0 Å². The Morgan fingerprint density at radius 1 is 1.38 bits per heavy atom. The Kier molecular flexibility index (Phi) is 3.71. The first-order valence-corrected chi connectivity index (χ1v) is 7.03. The fourth-order valence-electron chi connectivity index (χ4n) is 2.45. The van der Waals surface area contributed by atoms with Crippen molar-refractivity contribution in [3.05, 3.63) is 47.0 Å². The first-order valence-electron chi connectivity index (χ1n) is 6.65. The van der Waals surface area contributed by atoms with E-state index in [1.165, 1.54) is 6.33 Å². The van der Waals surface area contributed by atoms with Gasteiger partial charge in [0.25, 0.3) is 5.79 Å². The summed E-state index contributed by atoms with van der Waals surface area (Å²) in [6.07, 6.45) is 1.87. The Balaban J connectivity index is 2.04. The number of ether oxygens (including phenoxy) is 2. The molecule has 2 aromatic rings. The van der Waals surface area contributed by atoms with Crippen molar-refractivity contribution < 1.29 is 14.6 Å². The second kappa shape index (κ2) is 5.38. The molecule has 0 saturated carbocycles. The van der Waals surface area contributed by atoms with Crippen LogP contribution < -0.4 is 0 Å². The number of aliphatic hydroxyl groups is 1. The third kappa shape index (κ3) is 2.55. The molecule has 0 bridgehead atoms. The van der Waals surface area contributed by atoms with Gasteiger partial charge < -0.3 is 14.6 Å². The van der Waals surface area contributed by atoms with E-state index in [0.29, 0.717) is 23.9 Å². The predicted octanol–water partition coefficient (Wildman–Crippen LogP) is 1.85. The van der Waals surface area contributed by atoms with Crippen molar-refractivity contribution in [2.45, 2.75) is 24.7 Å². The second-order valence-corrected chi connectivity index (χ2v) is 5.71. The molecule has 1 aliphatic rings. The smallest absolute Gasteiger partial charge is 0.258 e. The average molecular weight is 310 g/mol. The summed E-state index contributed by atoms with van der Waals surface area (Å²) in [6.45, 7) is 2.26. The van der Waals surface area contributed by atoms with Crippen molar-refractivity contribution in [3.8, 4) is 0 Å². The molecular formula is C14H16ClN3O3. The highest BCUT2D eigenvalue weighted by Crippen LogP contribution is 2.44. The quantitative estimate of drug-likeness (QED) is 0.901. The van der Waals surface area contributed by atoms with Crippen molar-refractivity contribution in [2.75, 3.05) is 13.2 Å². The summed E-state index contributed by atoms with van der Waals surface area (Å²) in [5.74, 6) is -0.697. The van der Waals surface area contributed by atoms with Crippen molar-refractivity contribution in [1.29, 1.82) is 0 Å². The topological polar surface area (TPSA) is 80.3 Å². The highest BCUT2D eigenvalue weighted by atomic mass is 35.5. The van der Waals surface area contributed by atoms with Gasteiger partial charge in [0.2, 0.25) is 0 Å². The van der Waals surface area contributed by atoms with Crippen LogP contribution in [0.4, 0.5) is 0 Å². The van der Waals surface area contributed by atoms with Gasteiger partial charge in [-0.15, -0.1) is 0 Å². The van der Waals surface area contributed by atoms with Gasteiger partial charge in [0.05, 0.1) is 12.2 Å². The molecule has 1 aromatic carbocycles. The number of H-pyrrole nitrogens is 1. The normalized spacial score (nSPS) is 28.9. The van der Waals surface area contributed by atoms with Gasteiger partial charge in [0.1, 0.15) is 6.33 Å². The van der Waals surface area contributed by atoms with Crippen LogP contribution in [0.2, 0.25) is 5.02 Å². The largest absolute Gasteiger partial charge is 0.396 e. The van der Waals surface area contributed by atoms with Crippen LogP contribution in [0, 0.1) is 0 Å². The number of benzene rings is 1. The van der Waals surface area contributed by atoms with E-state index in [0.717, 1.165) is 5.56 Å². The van der Waals surface area contributed by atoms with Crippen LogP contribution in [-0.4, -0.2) is 39.1 Å². The fourth-order valence-corrected chi connectivity index (χ4v) is 2.57. The van der Waals surface area contributed by atoms with E-state index in [4.69, 9.17) is 21.1 Å².